The number of hydrogen-bond donors (Lipinski definition) is 1. The van der Waals surface area contributed by atoms with Gasteiger partial charge in [-0.1, -0.05) is 27.7 Å². The van der Waals surface area contributed by atoms with Gasteiger partial charge >= 0.3 is 7.32 Å². The van der Waals surface area contributed by atoms with E-state index in [0.29, 0.717) is 24.4 Å². The summed E-state index contributed by atoms with van der Waals surface area (Å²) in [6.45, 7) is 9.28. The Bertz CT molecular complexity index is 171. The lowest BCUT2D eigenvalue weighted by atomic mass is 9.84. The molecule has 0 aliphatic carbocycles. The van der Waals surface area contributed by atoms with Crippen LogP contribution in [0.15, 0.2) is 0 Å². The van der Waals surface area contributed by atoms with Gasteiger partial charge in [-0.15, -0.1) is 0 Å². The Balaban J connectivity index is 2.54. The van der Waals surface area contributed by atoms with Crippen LogP contribution < -0.4 is 0 Å². The van der Waals surface area contributed by atoms with Crippen LogP contribution in [-0.4, -0.2) is 25.1 Å². The van der Waals surface area contributed by atoms with Crippen LogP contribution in [0.4, 0.5) is 0 Å². The van der Waals surface area contributed by atoms with Crippen LogP contribution in [0, 0.1) is 17.8 Å². The molecule has 4 heteroatoms. The predicted octanol–water partition coefficient (Wildman–Crippen LogP) is 1.70. The molecule has 1 heterocycles. The van der Waals surface area contributed by atoms with Crippen molar-refractivity contribution in [1.29, 1.82) is 0 Å². The highest BCUT2D eigenvalue weighted by atomic mass is 16.7. The molecule has 1 aliphatic rings. The van der Waals surface area contributed by atoms with Crippen molar-refractivity contribution in [3.8, 4) is 0 Å². The average Bonchev–Trinajstić information content (AvgIpc) is 2.01. The molecule has 2 atom stereocenters. The minimum absolute atomic E-state index is 0.138. The van der Waals surface area contributed by atoms with Gasteiger partial charge in [0.1, 0.15) is 0 Å². The molecule has 1 aliphatic heterocycles. The Labute approximate surface area is 87.0 Å². The fourth-order valence-electron chi connectivity index (χ4n) is 1.91. The smallest absolute Gasteiger partial charge is 0.402 e. The summed E-state index contributed by atoms with van der Waals surface area (Å²) in [7, 11) is -1.02. The van der Waals surface area contributed by atoms with Gasteiger partial charge in [0.25, 0.3) is 0 Å². The van der Waals surface area contributed by atoms with E-state index in [9.17, 15) is 5.02 Å². The normalized spacial score (nSPS) is 28.9. The fraction of sp³-hybridized carbons (Fsp3) is 1.00. The molecule has 0 spiro atoms. The molecule has 0 saturated carbocycles. The fourth-order valence-corrected chi connectivity index (χ4v) is 1.91. The van der Waals surface area contributed by atoms with Crippen LogP contribution in [0.3, 0.4) is 0 Å². The van der Waals surface area contributed by atoms with E-state index in [0.717, 1.165) is 6.42 Å². The predicted molar refractivity (Wildman–Crippen MR) is 56.6 cm³/mol. The van der Waals surface area contributed by atoms with Crippen molar-refractivity contribution in [3.63, 3.8) is 0 Å². The van der Waals surface area contributed by atoms with E-state index in [1.54, 1.807) is 0 Å². The van der Waals surface area contributed by atoms with Crippen LogP contribution >= 0.6 is 0 Å². The second-order valence-corrected chi connectivity index (χ2v) is 4.85. The second-order valence-electron chi connectivity index (χ2n) is 4.85. The van der Waals surface area contributed by atoms with Crippen molar-refractivity contribution >= 4 is 7.32 Å². The molecule has 0 aromatic rings. The minimum atomic E-state index is -1.02. The molecule has 1 rings (SSSR count). The molecular weight excluding hydrogens is 179 g/mol. The van der Waals surface area contributed by atoms with E-state index >= 15 is 0 Å². The summed E-state index contributed by atoms with van der Waals surface area (Å²) in [5.74, 6) is 1.53. The van der Waals surface area contributed by atoms with Crippen molar-refractivity contribution in [3.05, 3.63) is 0 Å². The first-order valence-electron chi connectivity index (χ1n) is 5.45. The molecule has 1 saturated heterocycles. The van der Waals surface area contributed by atoms with Gasteiger partial charge in [0, 0.05) is 12.5 Å². The maximum Gasteiger partial charge on any atom is 0.636 e. The van der Waals surface area contributed by atoms with Crippen LogP contribution in [-0.2, 0) is 9.31 Å². The summed E-state index contributed by atoms with van der Waals surface area (Å²) < 4.78 is 10.5. The largest absolute Gasteiger partial charge is 0.636 e. The maximum absolute atomic E-state index is 9.25. The zero-order valence-electron chi connectivity index (χ0n) is 9.56. The summed E-state index contributed by atoms with van der Waals surface area (Å²) in [5, 5.41) is 9.25. The van der Waals surface area contributed by atoms with Crippen LogP contribution in [0.2, 0.25) is 0 Å². The molecule has 3 nitrogen and oxygen atoms in total. The molecule has 0 amide bonds. The van der Waals surface area contributed by atoms with E-state index in [1.165, 1.54) is 0 Å². The zero-order valence-corrected chi connectivity index (χ0v) is 9.56. The first-order chi connectivity index (χ1) is 6.50. The lowest BCUT2D eigenvalue weighted by molar-refractivity contribution is -0.0435. The quantitative estimate of drug-likeness (QED) is 0.704. The Hall–Kier alpha value is -0.0551. The van der Waals surface area contributed by atoms with E-state index in [2.05, 4.69) is 27.7 Å². The molecule has 14 heavy (non-hydrogen) atoms. The topological polar surface area (TPSA) is 38.7 Å². The lowest BCUT2D eigenvalue weighted by Gasteiger charge is -2.36. The molecule has 1 fully saturated rings. The zero-order chi connectivity index (χ0) is 10.7. The van der Waals surface area contributed by atoms with E-state index < -0.39 is 7.32 Å². The Morgan fingerprint density at radius 3 is 2.50 bits per heavy atom. The minimum Gasteiger partial charge on any atom is -0.402 e. The molecule has 0 aromatic heterocycles. The van der Waals surface area contributed by atoms with Gasteiger partial charge in [0.2, 0.25) is 0 Å². The van der Waals surface area contributed by atoms with Crippen molar-refractivity contribution in [1.82, 2.24) is 0 Å². The van der Waals surface area contributed by atoms with Gasteiger partial charge in [-0.05, 0) is 18.3 Å². The van der Waals surface area contributed by atoms with Gasteiger partial charge in [0.15, 0.2) is 0 Å². The average molecular weight is 200 g/mol. The SMILES string of the molecule is CC(C)CC1OB(O)OCC1C(C)C. The van der Waals surface area contributed by atoms with E-state index in [4.69, 9.17) is 9.31 Å². The maximum atomic E-state index is 9.25. The van der Waals surface area contributed by atoms with Crippen molar-refractivity contribution in [2.24, 2.45) is 17.8 Å². The van der Waals surface area contributed by atoms with Crippen molar-refractivity contribution in [2.75, 3.05) is 6.61 Å². The van der Waals surface area contributed by atoms with Gasteiger partial charge < -0.3 is 14.3 Å². The molecule has 82 valence electrons. The van der Waals surface area contributed by atoms with Crippen molar-refractivity contribution < 1.29 is 14.3 Å². The second kappa shape index (κ2) is 5.15. The van der Waals surface area contributed by atoms with E-state index in [1.807, 2.05) is 0 Å². The van der Waals surface area contributed by atoms with Crippen LogP contribution in [0.1, 0.15) is 34.1 Å². The third-order valence-electron chi connectivity index (χ3n) is 2.76. The van der Waals surface area contributed by atoms with Crippen molar-refractivity contribution in [2.45, 2.75) is 40.2 Å². The molecular formula is C10H21BO3. The summed E-state index contributed by atoms with van der Waals surface area (Å²) in [5.41, 5.74) is 0. The van der Waals surface area contributed by atoms with Gasteiger partial charge in [0.05, 0.1) is 6.10 Å². The molecule has 0 bridgehead atoms. The molecule has 1 N–H and O–H groups in total. The summed E-state index contributed by atoms with van der Waals surface area (Å²) in [4.78, 5) is 0. The highest BCUT2D eigenvalue weighted by Crippen LogP contribution is 2.27. The number of rotatable bonds is 3. The highest BCUT2D eigenvalue weighted by molar-refractivity contribution is 6.34. The van der Waals surface area contributed by atoms with Gasteiger partial charge in [-0.25, -0.2) is 0 Å². The van der Waals surface area contributed by atoms with Gasteiger partial charge in [-0.2, -0.15) is 0 Å². The molecule has 2 unspecified atom stereocenters. The third kappa shape index (κ3) is 3.26. The summed E-state index contributed by atoms with van der Waals surface area (Å²) in [6.07, 6.45) is 1.13. The first-order valence-corrected chi connectivity index (χ1v) is 5.45. The third-order valence-corrected chi connectivity index (χ3v) is 2.76. The highest BCUT2D eigenvalue weighted by Gasteiger charge is 2.36. The Morgan fingerprint density at radius 1 is 1.36 bits per heavy atom. The molecule has 0 radical (unpaired) electrons. The standard InChI is InChI=1S/C10H21BO3/c1-7(2)5-10-9(8(3)4)6-13-11(12)14-10/h7-10,12H,5-6H2,1-4H3. The first kappa shape index (κ1) is 12.0. The lowest BCUT2D eigenvalue weighted by Crippen LogP contribution is -2.45. The van der Waals surface area contributed by atoms with Gasteiger partial charge in [-0.3, -0.25) is 0 Å². The summed E-state index contributed by atoms with van der Waals surface area (Å²) in [6, 6.07) is 0. The van der Waals surface area contributed by atoms with Crippen LogP contribution in [0.25, 0.3) is 0 Å². The molecule has 0 aromatic carbocycles. The number of hydrogen-bond acceptors (Lipinski definition) is 3. The Morgan fingerprint density at radius 2 is 2.00 bits per heavy atom. The monoisotopic (exact) mass is 200 g/mol. The van der Waals surface area contributed by atoms with Crippen LogP contribution in [0.5, 0.6) is 0 Å². The van der Waals surface area contributed by atoms with E-state index in [-0.39, 0.29) is 6.10 Å². The Kier molecular flexibility index (Phi) is 4.42. The summed E-state index contributed by atoms with van der Waals surface area (Å²) >= 11 is 0.